The Morgan fingerprint density at radius 2 is 1.65 bits per heavy atom. The summed E-state index contributed by atoms with van der Waals surface area (Å²) in [5.74, 6) is -0.269. The van der Waals surface area contributed by atoms with Gasteiger partial charge in [-0.05, 0) is 42.0 Å². The first-order valence-corrected chi connectivity index (χ1v) is 9.94. The summed E-state index contributed by atoms with van der Waals surface area (Å²) in [7, 11) is 0. The summed E-state index contributed by atoms with van der Waals surface area (Å²) in [6.07, 6.45) is 1.53. The van der Waals surface area contributed by atoms with Crippen molar-refractivity contribution in [3.63, 3.8) is 0 Å². The third-order valence-corrected chi connectivity index (χ3v) is 5.35. The third kappa shape index (κ3) is 3.09. The first-order valence-electron chi connectivity index (χ1n) is 9.94. The SMILES string of the molecule is CC(C)(C)c1n[nH]c2c(O)n(-c3ccc(-c4ccon4)cc3)c(-c3ccc(F)cc3)c12. The minimum Gasteiger partial charge on any atom is -0.493 e. The Morgan fingerprint density at radius 3 is 2.26 bits per heavy atom. The van der Waals surface area contributed by atoms with E-state index in [-0.39, 0.29) is 17.1 Å². The van der Waals surface area contributed by atoms with Gasteiger partial charge in [0.1, 0.15) is 23.3 Å². The van der Waals surface area contributed by atoms with Crippen LogP contribution in [-0.4, -0.2) is 25.0 Å². The quantitative estimate of drug-likeness (QED) is 0.388. The van der Waals surface area contributed by atoms with Gasteiger partial charge >= 0.3 is 0 Å². The number of aromatic amines is 1. The molecule has 3 heterocycles. The number of rotatable bonds is 3. The highest BCUT2D eigenvalue weighted by Gasteiger charge is 2.29. The molecule has 2 aromatic carbocycles. The van der Waals surface area contributed by atoms with Crippen LogP contribution < -0.4 is 0 Å². The lowest BCUT2D eigenvalue weighted by molar-refractivity contribution is 0.422. The highest BCUT2D eigenvalue weighted by Crippen LogP contribution is 2.43. The lowest BCUT2D eigenvalue weighted by atomic mass is 9.89. The number of nitrogens with zero attached hydrogens (tertiary/aromatic N) is 3. The lowest BCUT2D eigenvalue weighted by Crippen LogP contribution is -2.12. The average Bonchev–Trinajstić information content (AvgIpc) is 3.46. The van der Waals surface area contributed by atoms with Crippen LogP contribution in [0.3, 0.4) is 0 Å². The van der Waals surface area contributed by atoms with Crippen molar-refractivity contribution in [3.8, 4) is 34.1 Å². The fourth-order valence-electron chi connectivity index (χ4n) is 3.88. The van der Waals surface area contributed by atoms with Crippen molar-refractivity contribution < 1.29 is 14.0 Å². The molecule has 0 aliphatic carbocycles. The van der Waals surface area contributed by atoms with Crippen molar-refractivity contribution in [2.45, 2.75) is 26.2 Å². The van der Waals surface area contributed by atoms with Gasteiger partial charge in [0.05, 0.1) is 16.8 Å². The molecular weight excluding hydrogens is 395 g/mol. The summed E-state index contributed by atoms with van der Waals surface area (Å²) in [5.41, 5.74) is 5.03. The minimum atomic E-state index is -0.317. The molecule has 5 rings (SSSR count). The van der Waals surface area contributed by atoms with E-state index in [0.717, 1.165) is 39.3 Å². The van der Waals surface area contributed by atoms with Crippen molar-refractivity contribution >= 4 is 10.9 Å². The van der Waals surface area contributed by atoms with Crippen molar-refractivity contribution in [2.75, 3.05) is 0 Å². The van der Waals surface area contributed by atoms with Gasteiger partial charge in [0.2, 0.25) is 5.88 Å². The number of nitrogens with one attached hydrogen (secondary N) is 1. The molecule has 0 amide bonds. The second-order valence-electron chi connectivity index (χ2n) is 8.52. The zero-order valence-corrected chi connectivity index (χ0v) is 17.3. The van der Waals surface area contributed by atoms with Crippen LogP contribution >= 0.6 is 0 Å². The smallest absolute Gasteiger partial charge is 0.222 e. The molecule has 156 valence electrons. The molecule has 2 N–H and O–H groups in total. The van der Waals surface area contributed by atoms with E-state index in [1.807, 2.05) is 24.3 Å². The fraction of sp³-hybridized carbons (Fsp3) is 0.167. The normalized spacial score (nSPS) is 12.0. The Morgan fingerprint density at radius 1 is 0.968 bits per heavy atom. The Kier molecular flexibility index (Phi) is 4.22. The minimum absolute atomic E-state index is 0.0477. The molecule has 0 fully saturated rings. The first-order chi connectivity index (χ1) is 14.8. The van der Waals surface area contributed by atoms with Crippen molar-refractivity contribution in [1.82, 2.24) is 19.9 Å². The van der Waals surface area contributed by atoms with Gasteiger partial charge in [0.15, 0.2) is 0 Å². The molecule has 7 heteroatoms. The third-order valence-electron chi connectivity index (χ3n) is 5.35. The highest BCUT2D eigenvalue weighted by molar-refractivity contribution is 6.01. The van der Waals surface area contributed by atoms with E-state index >= 15 is 0 Å². The van der Waals surface area contributed by atoms with E-state index in [1.165, 1.54) is 18.4 Å². The van der Waals surface area contributed by atoms with Crippen LogP contribution in [0.5, 0.6) is 5.88 Å². The summed E-state index contributed by atoms with van der Waals surface area (Å²) in [4.78, 5) is 0. The van der Waals surface area contributed by atoms with Gasteiger partial charge in [-0.25, -0.2) is 4.39 Å². The molecule has 0 spiro atoms. The number of hydrogen-bond acceptors (Lipinski definition) is 4. The molecule has 0 atom stereocenters. The molecule has 0 saturated heterocycles. The molecule has 0 radical (unpaired) electrons. The Balaban J connectivity index is 1.78. The van der Waals surface area contributed by atoms with E-state index in [0.29, 0.717) is 5.52 Å². The Bertz CT molecular complexity index is 1360. The van der Waals surface area contributed by atoms with E-state index < -0.39 is 0 Å². The molecule has 31 heavy (non-hydrogen) atoms. The molecule has 5 aromatic rings. The van der Waals surface area contributed by atoms with Gasteiger partial charge in [-0.1, -0.05) is 38.1 Å². The van der Waals surface area contributed by atoms with Gasteiger partial charge in [-0.2, -0.15) is 5.10 Å². The monoisotopic (exact) mass is 416 g/mol. The largest absolute Gasteiger partial charge is 0.493 e. The predicted octanol–water partition coefficient (Wildman–Crippen LogP) is 5.82. The van der Waals surface area contributed by atoms with Gasteiger partial charge in [0.25, 0.3) is 0 Å². The molecule has 6 nitrogen and oxygen atoms in total. The van der Waals surface area contributed by atoms with E-state index in [4.69, 9.17) is 4.52 Å². The van der Waals surface area contributed by atoms with Crippen molar-refractivity contribution in [2.24, 2.45) is 0 Å². The second kappa shape index (κ2) is 6.84. The van der Waals surface area contributed by atoms with Crippen LogP contribution in [0, 0.1) is 5.82 Å². The zero-order chi connectivity index (χ0) is 21.8. The molecule has 0 aliphatic heterocycles. The summed E-state index contributed by atoms with van der Waals surface area (Å²) in [6, 6.07) is 15.7. The first kappa shape index (κ1) is 19.1. The zero-order valence-electron chi connectivity index (χ0n) is 17.3. The number of hydrogen-bond donors (Lipinski definition) is 2. The van der Waals surface area contributed by atoms with Crippen LogP contribution in [-0.2, 0) is 5.41 Å². The van der Waals surface area contributed by atoms with Crippen molar-refractivity contribution in [1.29, 1.82) is 0 Å². The lowest BCUT2D eigenvalue weighted by Gasteiger charge is -2.17. The highest BCUT2D eigenvalue weighted by atomic mass is 19.1. The number of aromatic nitrogens is 4. The average molecular weight is 416 g/mol. The second-order valence-corrected chi connectivity index (χ2v) is 8.52. The number of aromatic hydroxyl groups is 1. The predicted molar refractivity (Wildman–Crippen MR) is 117 cm³/mol. The van der Waals surface area contributed by atoms with Gasteiger partial charge < -0.3 is 9.63 Å². The standard InChI is InChI=1S/C24H21FN4O2/c1-24(2,3)22-19-20(26-27-22)23(30)29(21(19)15-4-8-16(25)9-5-15)17-10-6-14(7-11-17)18-12-13-31-28-18/h4-13,26,30H,1-3H3. The molecule has 0 unspecified atom stereocenters. The van der Waals surface area contributed by atoms with Gasteiger partial charge in [-0.15, -0.1) is 0 Å². The number of fused-ring (bicyclic) bond motifs is 1. The number of benzene rings is 2. The maximum Gasteiger partial charge on any atom is 0.222 e. The van der Waals surface area contributed by atoms with Crippen LogP contribution in [0.4, 0.5) is 4.39 Å². The Hall–Kier alpha value is -3.87. The van der Waals surface area contributed by atoms with Crippen LogP contribution in [0.15, 0.2) is 65.4 Å². The van der Waals surface area contributed by atoms with E-state index in [9.17, 15) is 9.50 Å². The maximum atomic E-state index is 13.6. The van der Waals surface area contributed by atoms with Crippen molar-refractivity contribution in [3.05, 3.63) is 72.4 Å². The fourth-order valence-corrected chi connectivity index (χ4v) is 3.88. The topological polar surface area (TPSA) is 79.9 Å². The maximum absolute atomic E-state index is 13.6. The molecule has 0 bridgehead atoms. The van der Waals surface area contributed by atoms with Gasteiger partial charge in [0, 0.05) is 22.7 Å². The van der Waals surface area contributed by atoms with Crippen LogP contribution in [0.25, 0.3) is 39.1 Å². The molecule has 0 saturated carbocycles. The van der Waals surface area contributed by atoms with E-state index in [2.05, 4.69) is 36.1 Å². The van der Waals surface area contributed by atoms with Crippen LogP contribution in [0.1, 0.15) is 26.5 Å². The Labute approximate surface area is 177 Å². The summed E-state index contributed by atoms with van der Waals surface area (Å²) >= 11 is 0. The summed E-state index contributed by atoms with van der Waals surface area (Å²) in [5, 5.41) is 23.4. The van der Waals surface area contributed by atoms with Gasteiger partial charge in [-0.3, -0.25) is 9.67 Å². The number of H-pyrrole nitrogens is 1. The number of halogens is 1. The molecule has 0 aliphatic rings. The van der Waals surface area contributed by atoms with E-state index in [1.54, 1.807) is 22.8 Å². The summed E-state index contributed by atoms with van der Waals surface area (Å²) < 4.78 is 20.3. The summed E-state index contributed by atoms with van der Waals surface area (Å²) in [6.45, 7) is 6.20. The molecule has 3 aromatic heterocycles. The molecular formula is C24H21FN4O2. The van der Waals surface area contributed by atoms with Crippen LogP contribution in [0.2, 0.25) is 0 Å².